The highest BCUT2D eigenvalue weighted by Gasteiger charge is 2.21. The van der Waals surface area contributed by atoms with E-state index in [1.807, 2.05) is 6.92 Å². The molecule has 1 heterocycles. The second-order valence-corrected chi connectivity index (χ2v) is 6.53. The summed E-state index contributed by atoms with van der Waals surface area (Å²) >= 11 is 0. The first-order valence-electron chi connectivity index (χ1n) is 6.41. The fourth-order valence-electron chi connectivity index (χ4n) is 2.06. The van der Waals surface area contributed by atoms with E-state index < -0.39 is 10.0 Å². The summed E-state index contributed by atoms with van der Waals surface area (Å²) in [7, 11) is -3.12. The van der Waals surface area contributed by atoms with Gasteiger partial charge in [-0.3, -0.25) is 4.79 Å². The molecule has 7 heteroatoms. The van der Waals surface area contributed by atoms with Gasteiger partial charge >= 0.3 is 0 Å². The van der Waals surface area contributed by atoms with Crippen LogP contribution >= 0.6 is 0 Å². The van der Waals surface area contributed by atoms with Crippen LogP contribution in [0.4, 0.5) is 0 Å². The summed E-state index contributed by atoms with van der Waals surface area (Å²) < 4.78 is 24.1. The van der Waals surface area contributed by atoms with Gasteiger partial charge in [0.1, 0.15) is 0 Å². The number of rotatable bonds is 7. The predicted molar refractivity (Wildman–Crippen MR) is 70.7 cm³/mol. The largest absolute Gasteiger partial charge is 0.355 e. The predicted octanol–water partition coefficient (Wildman–Crippen LogP) is -0.474. The van der Waals surface area contributed by atoms with Crippen LogP contribution in [0.5, 0.6) is 0 Å². The summed E-state index contributed by atoms with van der Waals surface area (Å²) in [5.41, 5.74) is 0. The highest BCUT2D eigenvalue weighted by Crippen LogP contribution is 2.04. The molecule has 18 heavy (non-hydrogen) atoms. The quantitative estimate of drug-likeness (QED) is 0.617. The van der Waals surface area contributed by atoms with E-state index in [1.165, 1.54) is 10.6 Å². The van der Waals surface area contributed by atoms with Gasteiger partial charge in [-0.25, -0.2) is 12.7 Å². The first-order chi connectivity index (χ1) is 8.45. The lowest BCUT2D eigenvalue weighted by molar-refractivity contribution is -0.122. The first kappa shape index (κ1) is 15.4. The average molecular weight is 277 g/mol. The van der Waals surface area contributed by atoms with Crippen LogP contribution in [0.1, 0.15) is 26.2 Å². The number of carbonyl (C=O) groups excluding carboxylic acids is 1. The molecule has 106 valence electrons. The third kappa shape index (κ3) is 4.91. The van der Waals surface area contributed by atoms with Gasteiger partial charge in [-0.15, -0.1) is 0 Å². The zero-order chi connectivity index (χ0) is 13.6. The molecule has 6 nitrogen and oxygen atoms in total. The molecular formula is C11H23N3O3S. The summed E-state index contributed by atoms with van der Waals surface area (Å²) in [5, 5.41) is 5.96. The Bertz CT molecular complexity index is 364. The van der Waals surface area contributed by atoms with Crippen LogP contribution in [0, 0.1) is 0 Å². The van der Waals surface area contributed by atoms with Crippen LogP contribution in [-0.2, 0) is 14.8 Å². The van der Waals surface area contributed by atoms with E-state index in [0.29, 0.717) is 26.1 Å². The molecule has 2 N–H and O–H groups in total. The minimum Gasteiger partial charge on any atom is -0.355 e. The Morgan fingerprint density at radius 1 is 1.50 bits per heavy atom. The second kappa shape index (κ2) is 7.06. The van der Waals surface area contributed by atoms with Crippen molar-refractivity contribution < 1.29 is 13.2 Å². The summed E-state index contributed by atoms with van der Waals surface area (Å²) in [6.07, 6.45) is 3.77. The maximum atomic E-state index is 11.7. The molecule has 1 aliphatic rings. The zero-order valence-corrected chi connectivity index (χ0v) is 11.9. The number of hydrogen-bond acceptors (Lipinski definition) is 4. The Hall–Kier alpha value is -0.660. The number of nitrogens with zero attached hydrogens (tertiary/aromatic N) is 1. The van der Waals surface area contributed by atoms with E-state index in [-0.39, 0.29) is 11.9 Å². The molecular weight excluding hydrogens is 254 g/mol. The Morgan fingerprint density at radius 3 is 2.72 bits per heavy atom. The molecule has 0 saturated carbocycles. The standard InChI is InChI=1S/C11H23N3O3S/c1-3-14(18(2,16)17)9-5-8-13-11(15)10-6-4-7-12-10/h10,12H,3-9H2,1-2H3,(H,13,15)/t10-/m1/s1. The number of amides is 1. The van der Waals surface area contributed by atoms with Crippen LogP contribution in [0.2, 0.25) is 0 Å². The third-order valence-corrected chi connectivity index (χ3v) is 4.46. The van der Waals surface area contributed by atoms with E-state index in [4.69, 9.17) is 0 Å². The van der Waals surface area contributed by atoms with Crippen molar-refractivity contribution in [2.75, 3.05) is 32.4 Å². The van der Waals surface area contributed by atoms with E-state index in [0.717, 1.165) is 19.4 Å². The van der Waals surface area contributed by atoms with Gasteiger partial charge in [0.05, 0.1) is 12.3 Å². The third-order valence-electron chi connectivity index (χ3n) is 3.08. The number of nitrogens with one attached hydrogen (secondary N) is 2. The van der Waals surface area contributed by atoms with Crippen LogP contribution in [0.25, 0.3) is 0 Å². The van der Waals surface area contributed by atoms with Crippen molar-refractivity contribution in [2.24, 2.45) is 0 Å². The summed E-state index contributed by atoms with van der Waals surface area (Å²) in [5.74, 6) is 0.0231. The molecule has 0 radical (unpaired) electrons. The molecule has 1 atom stereocenters. The van der Waals surface area contributed by atoms with Gasteiger partial charge in [0.15, 0.2) is 0 Å². The fourth-order valence-corrected chi connectivity index (χ4v) is 2.99. The molecule has 0 spiro atoms. The molecule has 1 aliphatic heterocycles. The summed E-state index contributed by atoms with van der Waals surface area (Å²) in [4.78, 5) is 11.7. The van der Waals surface area contributed by atoms with Crippen molar-refractivity contribution in [1.29, 1.82) is 0 Å². The highest BCUT2D eigenvalue weighted by atomic mass is 32.2. The van der Waals surface area contributed by atoms with Gasteiger partial charge in [0.2, 0.25) is 15.9 Å². The molecule has 1 fully saturated rings. The fraction of sp³-hybridized carbons (Fsp3) is 0.909. The van der Waals surface area contributed by atoms with Gasteiger partial charge in [-0.05, 0) is 25.8 Å². The Balaban J connectivity index is 2.19. The van der Waals surface area contributed by atoms with E-state index in [9.17, 15) is 13.2 Å². The topological polar surface area (TPSA) is 78.5 Å². The van der Waals surface area contributed by atoms with Crippen molar-refractivity contribution in [3.05, 3.63) is 0 Å². The van der Waals surface area contributed by atoms with E-state index >= 15 is 0 Å². The molecule has 0 aliphatic carbocycles. The minimum atomic E-state index is -3.12. The molecule has 0 aromatic rings. The summed E-state index contributed by atoms with van der Waals surface area (Å²) in [6.45, 7) is 4.14. The molecule has 1 rings (SSSR count). The van der Waals surface area contributed by atoms with Crippen molar-refractivity contribution in [1.82, 2.24) is 14.9 Å². The number of carbonyl (C=O) groups is 1. The molecule has 0 aromatic heterocycles. The monoisotopic (exact) mass is 277 g/mol. The Morgan fingerprint density at radius 2 is 2.22 bits per heavy atom. The highest BCUT2D eigenvalue weighted by molar-refractivity contribution is 7.88. The first-order valence-corrected chi connectivity index (χ1v) is 8.26. The minimum absolute atomic E-state index is 0.0231. The molecule has 1 saturated heterocycles. The van der Waals surface area contributed by atoms with Crippen molar-refractivity contribution >= 4 is 15.9 Å². The van der Waals surface area contributed by atoms with Gasteiger partial charge in [0, 0.05) is 19.6 Å². The maximum absolute atomic E-state index is 11.7. The summed E-state index contributed by atoms with van der Waals surface area (Å²) in [6, 6.07) is -0.0674. The maximum Gasteiger partial charge on any atom is 0.237 e. The lowest BCUT2D eigenvalue weighted by atomic mass is 10.2. The van der Waals surface area contributed by atoms with E-state index in [1.54, 1.807) is 0 Å². The SMILES string of the molecule is CCN(CCCNC(=O)[C@H]1CCCN1)S(C)(=O)=O. The van der Waals surface area contributed by atoms with E-state index in [2.05, 4.69) is 10.6 Å². The molecule has 0 aromatic carbocycles. The number of sulfonamides is 1. The lowest BCUT2D eigenvalue weighted by Gasteiger charge is -2.18. The molecule has 1 amide bonds. The zero-order valence-electron chi connectivity index (χ0n) is 11.1. The second-order valence-electron chi connectivity index (χ2n) is 4.55. The van der Waals surface area contributed by atoms with Crippen molar-refractivity contribution in [3.8, 4) is 0 Å². The van der Waals surface area contributed by atoms with Crippen molar-refractivity contribution in [2.45, 2.75) is 32.2 Å². The lowest BCUT2D eigenvalue weighted by Crippen LogP contribution is -2.41. The normalized spacial score (nSPS) is 20.3. The van der Waals surface area contributed by atoms with Gasteiger partial charge in [0.25, 0.3) is 0 Å². The molecule has 0 bridgehead atoms. The Kier molecular flexibility index (Phi) is 6.04. The number of hydrogen-bond donors (Lipinski definition) is 2. The van der Waals surface area contributed by atoms with Gasteiger partial charge in [-0.1, -0.05) is 6.92 Å². The van der Waals surface area contributed by atoms with Crippen molar-refractivity contribution in [3.63, 3.8) is 0 Å². The Labute approximate surface area is 109 Å². The van der Waals surface area contributed by atoms with Gasteiger partial charge in [-0.2, -0.15) is 0 Å². The molecule has 0 unspecified atom stereocenters. The van der Waals surface area contributed by atoms with Crippen LogP contribution in [0.3, 0.4) is 0 Å². The van der Waals surface area contributed by atoms with Crippen LogP contribution in [-0.4, -0.2) is 57.1 Å². The smallest absolute Gasteiger partial charge is 0.237 e. The van der Waals surface area contributed by atoms with Crippen LogP contribution < -0.4 is 10.6 Å². The average Bonchev–Trinajstić information content (AvgIpc) is 2.80. The van der Waals surface area contributed by atoms with Crippen LogP contribution in [0.15, 0.2) is 0 Å². The van der Waals surface area contributed by atoms with Gasteiger partial charge < -0.3 is 10.6 Å².